The Hall–Kier alpha value is -4.09. The summed E-state index contributed by atoms with van der Waals surface area (Å²) < 4.78 is 27.0. The summed E-state index contributed by atoms with van der Waals surface area (Å²) in [5.41, 5.74) is 2.14. The molecule has 2 aromatic carbocycles. The molecule has 200 valence electrons. The summed E-state index contributed by atoms with van der Waals surface area (Å²) in [6.07, 6.45) is 2.56. The molecule has 0 spiro atoms. The van der Waals surface area contributed by atoms with Crippen LogP contribution in [-0.2, 0) is 0 Å². The fraction of sp³-hybridized carbons (Fsp3) is 0.222. The summed E-state index contributed by atoms with van der Waals surface area (Å²) in [5.74, 6) is 0.490. The van der Waals surface area contributed by atoms with E-state index in [0.29, 0.717) is 48.6 Å². The highest BCUT2D eigenvalue weighted by molar-refractivity contribution is 7.21. The maximum absolute atomic E-state index is 15.1. The Balaban J connectivity index is 1.46. The number of halogens is 2. The number of anilines is 1. The summed E-state index contributed by atoms with van der Waals surface area (Å²) in [7, 11) is 1.56. The van der Waals surface area contributed by atoms with Crippen LogP contribution >= 0.6 is 22.9 Å². The molecule has 0 fully saturated rings. The molecule has 5 aromatic rings. The minimum Gasteiger partial charge on any atom is -0.495 e. The van der Waals surface area contributed by atoms with Gasteiger partial charge in [0.1, 0.15) is 22.7 Å². The van der Waals surface area contributed by atoms with Crippen molar-refractivity contribution in [3.63, 3.8) is 0 Å². The van der Waals surface area contributed by atoms with Crippen LogP contribution in [0.3, 0.4) is 0 Å². The van der Waals surface area contributed by atoms with Gasteiger partial charge in [0.25, 0.3) is 0 Å². The molecule has 9 nitrogen and oxygen atoms in total. The molecule has 0 saturated carbocycles. The van der Waals surface area contributed by atoms with Crippen LogP contribution in [0.25, 0.3) is 31.7 Å². The molecule has 0 unspecified atom stereocenters. The molecule has 2 atom stereocenters. The third kappa shape index (κ3) is 5.27. The zero-order valence-corrected chi connectivity index (χ0v) is 22.9. The van der Waals surface area contributed by atoms with Gasteiger partial charge >= 0.3 is 6.09 Å². The van der Waals surface area contributed by atoms with Crippen LogP contribution in [0.2, 0.25) is 5.02 Å². The van der Waals surface area contributed by atoms with Crippen LogP contribution < -0.4 is 14.4 Å². The Morgan fingerprint density at radius 1 is 1.10 bits per heavy atom. The van der Waals surface area contributed by atoms with Gasteiger partial charge in [-0.05, 0) is 39.0 Å². The van der Waals surface area contributed by atoms with E-state index in [2.05, 4.69) is 19.9 Å². The van der Waals surface area contributed by atoms with Crippen LogP contribution in [0.15, 0.2) is 48.9 Å². The molecule has 0 aliphatic rings. The van der Waals surface area contributed by atoms with Gasteiger partial charge in [0.2, 0.25) is 0 Å². The first-order valence-corrected chi connectivity index (χ1v) is 13.0. The van der Waals surface area contributed by atoms with Gasteiger partial charge < -0.3 is 14.6 Å². The summed E-state index contributed by atoms with van der Waals surface area (Å²) in [4.78, 5) is 30.4. The number of amides is 1. The lowest BCUT2D eigenvalue weighted by Gasteiger charge is -2.30. The average Bonchev–Trinajstić information content (AvgIpc) is 3.31. The van der Waals surface area contributed by atoms with Gasteiger partial charge in [-0.25, -0.2) is 24.1 Å². The molecular weight excluding hydrogens is 545 g/mol. The average molecular weight is 568 g/mol. The molecule has 3 heterocycles. The van der Waals surface area contributed by atoms with E-state index < -0.39 is 24.1 Å². The standard InChI is InChI=1S/C27H23ClFN5O4S/c1-13(34(27(35)36)18-10-30-15(3)31-11-18)14(2)38-23-9-24-22(8-21(23)29)33-26(39-24)20-7-17(28)5-16-6-19(37-4)12-32-25(16)20/h5-14H,1-4H3,(H,35,36)/t13-,14+/m1/s1. The molecule has 12 heteroatoms. The van der Waals surface area contributed by atoms with E-state index in [9.17, 15) is 9.90 Å². The van der Waals surface area contributed by atoms with Gasteiger partial charge in [0.05, 0.1) is 53.2 Å². The van der Waals surface area contributed by atoms with Crippen molar-refractivity contribution in [1.29, 1.82) is 0 Å². The highest BCUT2D eigenvalue weighted by atomic mass is 35.5. The lowest BCUT2D eigenvalue weighted by Crippen LogP contribution is -2.46. The Bertz CT molecular complexity index is 1700. The van der Waals surface area contributed by atoms with E-state index in [-0.39, 0.29) is 5.75 Å². The zero-order valence-electron chi connectivity index (χ0n) is 21.3. The van der Waals surface area contributed by atoms with E-state index in [0.717, 1.165) is 10.3 Å². The molecule has 0 aliphatic carbocycles. The second kappa shape index (κ2) is 10.6. The molecule has 5 rings (SSSR count). The summed E-state index contributed by atoms with van der Waals surface area (Å²) in [6, 6.07) is 7.59. The Kier molecular flexibility index (Phi) is 7.19. The quantitative estimate of drug-likeness (QED) is 0.230. The number of benzene rings is 2. The smallest absolute Gasteiger partial charge is 0.412 e. The van der Waals surface area contributed by atoms with Gasteiger partial charge in [0.15, 0.2) is 11.6 Å². The van der Waals surface area contributed by atoms with Crippen molar-refractivity contribution in [2.24, 2.45) is 0 Å². The summed E-state index contributed by atoms with van der Waals surface area (Å²) in [5, 5.41) is 11.7. The number of pyridine rings is 1. The zero-order chi connectivity index (χ0) is 27.8. The van der Waals surface area contributed by atoms with Crippen molar-refractivity contribution >= 4 is 55.8 Å². The molecule has 0 bridgehead atoms. The molecule has 3 aromatic heterocycles. The first-order valence-electron chi connectivity index (χ1n) is 11.9. The minimum absolute atomic E-state index is 0.0126. The van der Waals surface area contributed by atoms with Gasteiger partial charge in [-0.3, -0.25) is 9.88 Å². The highest BCUT2D eigenvalue weighted by Crippen LogP contribution is 2.38. The maximum atomic E-state index is 15.1. The SMILES string of the molecule is COc1cnc2c(-c3nc4cc(F)c(O[C@@H](C)[C@@H](C)N(C(=O)O)c5cnc(C)nc5)cc4s3)cc(Cl)cc2c1. The predicted molar refractivity (Wildman–Crippen MR) is 149 cm³/mol. The molecule has 0 aliphatic heterocycles. The largest absolute Gasteiger partial charge is 0.495 e. The van der Waals surface area contributed by atoms with E-state index in [4.69, 9.17) is 21.1 Å². The maximum Gasteiger partial charge on any atom is 0.412 e. The fourth-order valence-electron chi connectivity index (χ4n) is 4.14. The van der Waals surface area contributed by atoms with Crippen LogP contribution in [0.4, 0.5) is 14.9 Å². The molecule has 1 N–H and O–H groups in total. The fourth-order valence-corrected chi connectivity index (χ4v) is 5.36. The van der Waals surface area contributed by atoms with Crippen molar-refractivity contribution in [2.45, 2.75) is 32.9 Å². The number of rotatable bonds is 7. The van der Waals surface area contributed by atoms with Gasteiger partial charge in [-0.1, -0.05) is 11.6 Å². The van der Waals surface area contributed by atoms with E-state index in [1.807, 2.05) is 6.07 Å². The van der Waals surface area contributed by atoms with Crippen LogP contribution in [0.5, 0.6) is 11.5 Å². The first kappa shape index (κ1) is 26.5. The second-order valence-corrected chi connectivity index (χ2v) is 10.3. The number of methoxy groups -OCH3 is 1. The molecular formula is C27H23ClFN5O4S. The summed E-state index contributed by atoms with van der Waals surface area (Å²) in [6.45, 7) is 5.05. The molecule has 0 saturated heterocycles. The van der Waals surface area contributed by atoms with Crippen molar-refractivity contribution in [1.82, 2.24) is 19.9 Å². The number of ether oxygens (including phenoxy) is 2. The van der Waals surface area contributed by atoms with E-state index in [1.54, 1.807) is 52.3 Å². The number of aromatic nitrogens is 4. The van der Waals surface area contributed by atoms with Crippen LogP contribution in [0, 0.1) is 12.7 Å². The van der Waals surface area contributed by atoms with Gasteiger partial charge in [-0.2, -0.15) is 0 Å². The van der Waals surface area contributed by atoms with Crippen molar-refractivity contribution in [2.75, 3.05) is 12.0 Å². The second-order valence-electron chi connectivity index (χ2n) is 8.87. The Labute approximate surface area is 231 Å². The summed E-state index contributed by atoms with van der Waals surface area (Å²) >= 11 is 7.72. The first-order chi connectivity index (χ1) is 18.6. The number of aryl methyl sites for hydroxylation is 1. The van der Waals surface area contributed by atoms with Crippen LogP contribution in [-0.4, -0.2) is 50.4 Å². The molecule has 0 radical (unpaired) electrons. The number of carbonyl (C=O) groups is 1. The number of thiazole rings is 1. The number of hydrogen-bond donors (Lipinski definition) is 1. The number of fused-ring (bicyclic) bond motifs is 2. The number of carboxylic acid groups (broad SMARTS) is 1. The van der Waals surface area contributed by atoms with Crippen LogP contribution in [0.1, 0.15) is 19.7 Å². The van der Waals surface area contributed by atoms with Gasteiger partial charge in [0, 0.05) is 28.1 Å². The Morgan fingerprint density at radius 2 is 1.85 bits per heavy atom. The normalized spacial score (nSPS) is 12.9. The Morgan fingerprint density at radius 3 is 2.54 bits per heavy atom. The predicted octanol–water partition coefficient (Wildman–Crippen LogP) is 6.75. The van der Waals surface area contributed by atoms with Crippen molar-refractivity contribution in [3.8, 4) is 22.1 Å². The lowest BCUT2D eigenvalue weighted by atomic mass is 10.1. The number of hydrogen-bond acceptors (Lipinski definition) is 8. The van der Waals surface area contributed by atoms with Crippen molar-refractivity contribution in [3.05, 3.63) is 65.6 Å². The topological polar surface area (TPSA) is 111 Å². The lowest BCUT2D eigenvalue weighted by molar-refractivity contribution is 0.167. The third-order valence-corrected chi connectivity index (χ3v) is 7.55. The minimum atomic E-state index is -1.20. The van der Waals surface area contributed by atoms with Gasteiger partial charge in [-0.15, -0.1) is 11.3 Å². The third-order valence-electron chi connectivity index (χ3n) is 6.28. The highest BCUT2D eigenvalue weighted by Gasteiger charge is 2.29. The molecule has 39 heavy (non-hydrogen) atoms. The van der Waals surface area contributed by atoms with E-state index >= 15 is 4.39 Å². The molecule has 1 amide bonds. The van der Waals surface area contributed by atoms with E-state index in [1.165, 1.54) is 29.8 Å². The monoisotopic (exact) mass is 567 g/mol. The number of nitrogens with zero attached hydrogens (tertiary/aromatic N) is 5. The van der Waals surface area contributed by atoms with Crippen molar-refractivity contribution < 1.29 is 23.8 Å².